The smallest absolute Gasteiger partial charge is 0.234 e. The summed E-state index contributed by atoms with van der Waals surface area (Å²) in [6.45, 7) is 15.4. The fourth-order valence-electron chi connectivity index (χ4n) is 10.4. The number of fused-ring (bicyclic) bond motifs is 1. The summed E-state index contributed by atoms with van der Waals surface area (Å²) in [6.07, 6.45) is 11.4. The van der Waals surface area contributed by atoms with Gasteiger partial charge in [0.25, 0.3) is 0 Å². The Hall–Kier alpha value is -5.15. The molecule has 4 aliphatic rings. The highest BCUT2D eigenvalue weighted by atomic mass is 79.9. The standard InChI is InChI=1S/C49H61BrN11O4P/c1-5-33-28-41(55-49-53-30-38(50)47(57-49)54-40-11-10-39-45(52-18-17-51-39)46(40)66(3,4)64)43(65-2)29-42(33)61-21-15-35(16-22-61)60-25-23-58(24-26-60)31-32-13-19-59(20-14-32)36-8-6-7-34(27-36)37-9-12-44(62)56-48(37)63/h6-8,10-11,17-18,27-30,32,35,37H,5,9,12-16,19-26,31H2,1-4H3,(H,56,62,63)(H2,53,54,55,57). The number of amides is 2. The first kappa shape index (κ1) is 46.0. The average Bonchev–Trinajstić information content (AvgIpc) is 3.32. The minimum atomic E-state index is -2.77. The molecule has 17 heteroatoms. The minimum Gasteiger partial charge on any atom is -0.494 e. The first-order valence-corrected chi connectivity index (χ1v) is 26.8. The monoisotopic (exact) mass is 977 g/mol. The van der Waals surface area contributed by atoms with Crippen molar-refractivity contribution >= 4 is 85.7 Å². The van der Waals surface area contributed by atoms with Crippen LogP contribution in [0, 0.1) is 5.92 Å². The van der Waals surface area contributed by atoms with Gasteiger partial charge >= 0.3 is 0 Å². The van der Waals surface area contributed by atoms with E-state index in [2.05, 4.69) is 104 Å². The van der Waals surface area contributed by atoms with E-state index in [1.54, 1.807) is 39.0 Å². The zero-order valence-electron chi connectivity index (χ0n) is 38.4. The molecule has 2 amide bonds. The second kappa shape index (κ2) is 20.0. The molecule has 4 saturated heterocycles. The van der Waals surface area contributed by atoms with Crippen LogP contribution in [0.15, 0.2) is 71.6 Å². The van der Waals surface area contributed by atoms with Gasteiger partial charge in [-0.1, -0.05) is 19.1 Å². The summed E-state index contributed by atoms with van der Waals surface area (Å²) in [4.78, 5) is 53.0. The Morgan fingerprint density at radius 1 is 0.848 bits per heavy atom. The zero-order chi connectivity index (χ0) is 46.0. The van der Waals surface area contributed by atoms with Crippen molar-refractivity contribution in [2.24, 2.45) is 5.92 Å². The van der Waals surface area contributed by atoms with Crippen LogP contribution in [0.5, 0.6) is 5.75 Å². The third kappa shape index (κ3) is 10.2. The van der Waals surface area contributed by atoms with Gasteiger partial charge in [0.15, 0.2) is 0 Å². The summed E-state index contributed by atoms with van der Waals surface area (Å²) in [5.74, 6) is 1.74. The van der Waals surface area contributed by atoms with Gasteiger partial charge in [-0.3, -0.25) is 29.8 Å². The van der Waals surface area contributed by atoms with E-state index < -0.39 is 7.14 Å². The number of halogens is 1. The molecule has 15 nitrogen and oxygen atoms in total. The van der Waals surface area contributed by atoms with Crippen LogP contribution < -0.4 is 35.8 Å². The van der Waals surface area contributed by atoms with Gasteiger partial charge < -0.3 is 34.6 Å². The van der Waals surface area contributed by atoms with Crippen LogP contribution in [-0.2, 0) is 20.6 Å². The predicted molar refractivity (Wildman–Crippen MR) is 267 cm³/mol. The highest BCUT2D eigenvalue weighted by Crippen LogP contribution is 2.42. The van der Waals surface area contributed by atoms with Gasteiger partial charge in [-0.15, -0.1) is 0 Å². The minimum absolute atomic E-state index is 0.171. The molecule has 5 aromatic rings. The molecule has 3 aromatic carbocycles. The quantitative estimate of drug-likeness (QED) is 0.0786. The van der Waals surface area contributed by atoms with E-state index in [-0.39, 0.29) is 17.7 Å². The zero-order valence-corrected chi connectivity index (χ0v) is 40.9. The van der Waals surface area contributed by atoms with Crippen LogP contribution in [0.25, 0.3) is 11.0 Å². The Morgan fingerprint density at radius 3 is 2.33 bits per heavy atom. The number of piperidine rings is 3. The molecule has 4 aliphatic heterocycles. The van der Waals surface area contributed by atoms with Crippen molar-refractivity contribution in [2.75, 3.05) is 99.8 Å². The maximum Gasteiger partial charge on any atom is 0.234 e. The maximum atomic E-state index is 13.5. The van der Waals surface area contributed by atoms with Gasteiger partial charge in [0.2, 0.25) is 17.8 Å². The summed E-state index contributed by atoms with van der Waals surface area (Å²) >= 11 is 3.61. The highest BCUT2D eigenvalue weighted by Gasteiger charge is 2.32. The Bertz CT molecular complexity index is 2620. The number of piperazine rings is 1. The van der Waals surface area contributed by atoms with Crippen molar-refractivity contribution < 1.29 is 18.9 Å². The number of aromatic nitrogens is 4. The topological polar surface area (TPSA) is 161 Å². The Kier molecular flexibility index (Phi) is 13.9. The molecule has 9 rings (SSSR count). The van der Waals surface area contributed by atoms with Crippen LogP contribution in [0.1, 0.15) is 62.5 Å². The number of rotatable bonds is 13. The molecule has 2 aromatic heterocycles. The maximum absolute atomic E-state index is 13.5. The molecule has 66 heavy (non-hydrogen) atoms. The van der Waals surface area contributed by atoms with Gasteiger partial charge in [0.1, 0.15) is 24.2 Å². The number of carbonyl (C=O) groups excluding carboxylic acids is 2. The molecule has 0 bridgehead atoms. The number of ether oxygens (including phenoxy) is 1. The molecule has 0 saturated carbocycles. The summed E-state index contributed by atoms with van der Waals surface area (Å²) in [5.41, 5.74) is 7.36. The number of hydrogen-bond donors (Lipinski definition) is 3. The van der Waals surface area contributed by atoms with E-state index in [0.717, 1.165) is 88.6 Å². The number of carbonyl (C=O) groups is 2. The molecule has 1 atom stereocenters. The fourth-order valence-corrected chi connectivity index (χ4v) is 12.0. The molecule has 3 N–H and O–H groups in total. The highest BCUT2D eigenvalue weighted by molar-refractivity contribution is 9.10. The van der Waals surface area contributed by atoms with E-state index in [4.69, 9.17) is 9.72 Å². The fraction of sp³-hybridized carbons (Fsp3) is 0.469. The third-order valence-corrected chi connectivity index (χ3v) is 16.0. The first-order chi connectivity index (χ1) is 31.9. The predicted octanol–water partition coefficient (Wildman–Crippen LogP) is 7.51. The lowest BCUT2D eigenvalue weighted by atomic mass is 9.90. The molecule has 0 aliphatic carbocycles. The van der Waals surface area contributed by atoms with Crippen LogP contribution in [0.4, 0.5) is 34.5 Å². The van der Waals surface area contributed by atoms with E-state index >= 15 is 0 Å². The second-order valence-electron chi connectivity index (χ2n) is 18.5. The average molecular weight is 979 g/mol. The van der Waals surface area contributed by atoms with E-state index in [1.807, 2.05) is 18.2 Å². The van der Waals surface area contributed by atoms with Gasteiger partial charge in [-0.2, -0.15) is 4.98 Å². The number of benzene rings is 3. The lowest BCUT2D eigenvalue weighted by Crippen LogP contribution is -2.54. The Balaban J connectivity index is 0.770. The van der Waals surface area contributed by atoms with Crippen molar-refractivity contribution in [3.05, 3.63) is 82.7 Å². The summed E-state index contributed by atoms with van der Waals surface area (Å²) in [5, 5.41) is 9.95. The van der Waals surface area contributed by atoms with Gasteiger partial charge in [0.05, 0.1) is 39.7 Å². The van der Waals surface area contributed by atoms with Gasteiger partial charge in [0, 0.05) is 107 Å². The Labute approximate surface area is 396 Å². The molecular weight excluding hydrogens is 917 g/mol. The number of aryl methyl sites for hydroxylation is 1. The number of hydrogen-bond acceptors (Lipinski definition) is 14. The van der Waals surface area contributed by atoms with Gasteiger partial charge in [-0.25, -0.2) is 4.98 Å². The molecule has 0 spiro atoms. The SMILES string of the molecule is CCc1cc(Nc2ncc(Br)c(Nc3ccc4nccnc4c3P(C)(C)=O)n2)c(OC)cc1N1CCC(N2CCN(CC3CCN(c4cccc(C5CCC(=O)NC5=O)c4)CC3)CC2)CC1. The summed E-state index contributed by atoms with van der Waals surface area (Å²) in [6, 6.07) is 17.0. The normalized spacial score (nSPS) is 19.6. The third-order valence-electron chi connectivity index (χ3n) is 13.9. The second-order valence-corrected chi connectivity index (χ2v) is 22.5. The molecule has 0 radical (unpaired) electrons. The molecule has 1 unspecified atom stereocenters. The summed E-state index contributed by atoms with van der Waals surface area (Å²) < 4.78 is 20.2. The van der Waals surface area contributed by atoms with Crippen molar-refractivity contribution in [3.63, 3.8) is 0 Å². The van der Waals surface area contributed by atoms with E-state index in [0.29, 0.717) is 63.1 Å². The Morgan fingerprint density at radius 2 is 1.61 bits per heavy atom. The van der Waals surface area contributed by atoms with Crippen molar-refractivity contribution in [1.82, 2.24) is 35.1 Å². The number of methoxy groups -OCH3 is 1. The van der Waals surface area contributed by atoms with E-state index in [9.17, 15) is 14.2 Å². The number of nitrogens with one attached hydrogen (secondary N) is 3. The molecular formula is C49H61BrN11O4P. The summed E-state index contributed by atoms with van der Waals surface area (Å²) in [7, 11) is -1.07. The lowest BCUT2D eigenvalue weighted by molar-refractivity contribution is -0.134. The van der Waals surface area contributed by atoms with Gasteiger partial charge in [-0.05, 0) is 115 Å². The van der Waals surface area contributed by atoms with Crippen molar-refractivity contribution in [2.45, 2.75) is 63.8 Å². The van der Waals surface area contributed by atoms with Crippen molar-refractivity contribution in [3.8, 4) is 5.75 Å². The first-order valence-electron chi connectivity index (χ1n) is 23.4. The largest absolute Gasteiger partial charge is 0.494 e. The van der Waals surface area contributed by atoms with Crippen LogP contribution in [-0.4, -0.2) is 127 Å². The molecule has 6 heterocycles. The van der Waals surface area contributed by atoms with Crippen LogP contribution in [0.2, 0.25) is 0 Å². The number of anilines is 6. The molecule has 348 valence electrons. The van der Waals surface area contributed by atoms with Crippen molar-refractivity contribution in [1.29, 1.82) is 0 Å². The van der Waals surface area contributed by atoms with E-state index in [1.165, 1.54) is 36.3 Å². The lowest BCUT2D eigenvalue weighted by Gasteiger charge is -2.44. The van der Waals surface area contributed by atoms with Crippen LogP contribution in [0.3, 0.4) is 0 Å². The number of imide groups is 1. The molecule has 4 fully saturated rings. The number of nitrogens with zero attached hydrogens (tertiary/aromatic N) is 8. The van der Waals surface area contributed by atoms with Crippen LogP contribution >= 0.6 is 23.1 Å².